The fourth-order valence-electron chi connectivity index (χ4n) is 2.44. The van der Waals surface area contributed by atoms with Gasteiger partial charge in [0.05, 0.1) is 5.69 Å². The molecule has 1 aliphatic heterocycles. The molecule has 4 nitrogen and oxygen atoms in total. The lowest BCUT2D eigenvalue weighted by Crippen LogP contribution is -2.33. The molecule has 1 heterocycles. The molecular formula is C16H17N3O. The number of amides is 2. The predicted molar refractivity (Wildman–Crippen MR) is 82.1 cm³/mol. The molecule has 0 saturated heterocycles. The Labute approximate surface area is 118 Å². The number of hydrogen-bond donors (Lipinski definition) is 2. The average Bonchev–Trinajstić information content (AvgIpc) is 2.84. The van der Waals surface area contributed by atoms with Gasteiger partial charge in [0.15, 0.2) is 0 Å². The second kappa shape index (κ2) is 4.89. The fraction of sp³-hybridized carbons (Fsp3) is 0.188. The van der Waals surface area contributed by atoms with Gasteiger partial charge in [-0.3, -0.25) is 4.90 Å². The van der Waals surface area contributed by atoms with Crippen LogP contribution in [0.15, 0.2) is 42.5 Å². The molecule has 2 aromatic carbocycles. The van der Waals surface area contributed by atoms with Crippen molar-refractivity contribution < 1.29 is 4.79 Å². The Kier molecular flexibility index (Phi) is 3.06. The number of carbonyl (C=O) groups is 1. The van der Waals surface area contributed by atoms with Gasteiger partial charge in [0.1, 0.15) is 0 Å². The maximum atomic E-state index is 12.3. The average molecular weight is 267 g/mol. The van der Waals surface area contributed by atoms with E-state index >= 15 is 0 Å². The van der Waals surface area contributed by atoms with Crippen LogP contribution in [0.4, 0.5) is 21.9 Å². The van der Waals surface area contributed by atoms with E-state index in [4.69, 9.17) is 5.73 Å². The number of rotatable bonds is 1. The molecule has 0 fully saturated rings. The molecule has 0 atom stereocenters. The summed E-state index contributed by atoms with van der Waals surface area (Å²) in [5.74, 6) is 0. The van der Waals surface area contributed by atoms with Crippen LogP contribution < -0.4 is 16.0 Å². The highest BCUT2D eigenvalue weighted by Gasteiger charge is 2.24. The van der Waals surface area contributed by atoms with Crippen LogP contribution in [0.2, 0.25) is 0 Å². The van der Waals surface area contributed by atoms with Gasteiger partial charge in [-0.25, -0.2) is 4.79 Å². The van der Waals surface area contributed by atoms with E-state index in [1.54, 1.807) is 4.90 Å². The highest BCUT2D eigenvalue weighted by atomic mass is 16.2. The number of hydrogen-bond acceptors (Lipinski definition) is 2. The van der Waals surface area contributed by atoms with Gasteiger partial charge in [-0.05, 0) is 43.2 Å². The maximum absolute atomic E-state index is 12.3. The number of carbonyl (C=O) groups excluding carboxylic acids is 1. The van der Waals surface area contributed by atoms with Crippen molar-refractivity contribution in [3.8, 4) is 0 Å². The molecule has 0 saturated carbocycles. The lowest BCUT2D eigenvalue weighted by atomic mass is 10.1. The Bertz CT molecular complexity index is 649. The summed E-state index contributed by atoms with van der Waals surface area (Å²) in [5.41, 5.74) is 10.5. The zero-order chi connectivity index (χ0) is 14.1. The Balaban J connectivity index is 1.80. The monoisotopic (exact) mass is 267 g/mol. The number of nitrogens with zero attached hydrogens (tertiary/aromatic N) is 1. The van der Waals surface area contributed by atoms with Crippen LogP contribution >= 0.6 is 0 Å². The molecule has 0 spiro atoms. The van der Waals surface area contributed by atoms with Crippen LogP contribution in [0.3, 0.4) is 0 Å². The first kappa shape index (κ1) is 12.5. The van der Waals surface area contributed by atoms with Crippen LogP contribution in [0.25, 0.3) is 0 Å². The van der Waals surface area contributed by atoms with Gasteiger partial charge in [0.25, 0.3) is 0 Å². The van der Waals surface area contributed by atoms with Gasteiger partial charge in [0, 0.05) is 17.9 Å². The van der Waals surface area contributed by atoms with Crippen molar-refractivity contribution in [3.05, 3.63) is 53.6 Å². The molecule has 0 unspecified atom stereocenters. The number of urea groups is 1. The second-order valence-electron chi connectivity index (χ2n) is 5.09. The zero-order valence-corrected chi connectivity index (χ0v) is 11.4. The zero-order valence-electron chi connectivity index (χ0n) is 11.4. The number of nitrogen functional groups attached to an aromatic ring is 1. The number of benzene rings is 2. The third kappa shape index (κ3) is 2.32. The predicted octanol–water partition coefficient (Wildman–Crippen LogP) is 3.17. The molecule has 3 N–H and O–H groups in total. The van der Waals surface area contributed by atoms with Crippen LogP contribution in [-0.4, -0.2) is 12.6 Å². The van der Waals surface area contributed by atoms with Crippen molar-refractivity contribution in [2.75, 3.05) is 22.5 Å². The van der Waals surface area contributed by atoms with Gasteiger partial charge >= 0.3 is 6.03 Å². The smallest absolute Gasteiger partial charge is 0.326 e. The summed E-state index contributed by atoms with van der Waals surface area (Å²) in [6.07, 6.45) is 0.872. The summed E-state index contributed by atoms with van der Waals surface area (Å²) in [5, 5.41) is 2.92. The molecule has 0 aliphatic carbocycles. The number of nitrogens with one attached hydrogen (secondary N) is 1. The Morgan fingerprint density at radius 2 is 1.95 bits per heavy atom. The van der Waals surface area contributed by atoms with E-state index in [1.165, 1.54) is 11.1 Å². The van der Waals surface area contributed by atoms with Crippen molar-refractivity contribution in [1.29, 1.82) is 0 Å². The molecule has 0 radical (unpaired) electrons. The quantitative estimate of drug-likeness (QED) is 0.780. The summed E-state index contributed by atoms with van der Waals surface area (Å²) in [7, 11) is 0. The number of fused-ring (bicyclic) bond motifs is 1. The van der Waals surface area contributed by atoms with Crippen molar-refractivity contribution in [3.63, 3.8) is 0 Å². The molecule has 20 heavy (non-hydrogen) atoms. The van der Waals surface area contributed by atoms with E-state index in [0.717, 1.165) is 17.8 Å². The molecule has 0 aromatic heterocycles. The van der Waals surface area contributed by atoms with Crippen molar-refractivity contribution in [2.24, 2.45) is 0 Å². The van der Waals surface area contributed by atoms with Crippen LogP contribution in [-0.2, 0) is 6.42 Å². The van der Waals surface area contributed by atoms with Crippen LogP contribution in [0.1, 0.15) is 11.1 Å². The normalized spacial score (nSPS) is 13.2. The maximum Gasteiger partial charge on any atom is 0.326 e. The second-order valence-corrected chi connectivity index (χ2v) is 5.09. The van der Waals surface area contributed by atoms with E-state index < -0.39 is 0 Å². The minimum absolute atomic E-state index is 0.113. The number of aryl methyl sites for hydroxylation is 1. The van der Waals surface area contributed by atoms with E-state index in [0.29, 0.717) is 12.2 Å². The largest absolute Gasteiger partial charge is 0.399 e. The minimum Gasteiger partial charge on any atom is -0.399 e. The van der Waals surface area contributed by atoms with Crippen molar-refractivity contribution in [2.45, 2.75) is 13.3 Å². The highest BCUT2D eigenvalue weighted by molar-refractivity contribution is 6.03. The van der Waals surface area contributed by atoms with E-state index in [-0.39, 0.29) is 6.03 Å². The Morgan fingerprint density at radius 1 is 1.20 bits per heavy atom. The summed E-state index contributed by atoms with van der Waals surface area (Å²) in [6.45, 7) is 2.71. The first-order chi connectivity index (χ1) is 9.63. The van der Waals surface area contributed by atoms with E-state index in [1.807, 2.05) is 49.4 Å². The van der Waals surface area contributed by atoms with Crippen molar-refractivity contribution >= 4 is 23.1 Å². The topological polar surface area (TPSA) is 58.4 Å². The first-order valence-corrected chi connectivity index (χ1v) is 6.67. The van der Waals surface area contributed by atoms with Gasteiger partial charge < -0.3 is 11.1 Å². The first-order valence-electron chi connectivity index (χ1n) is 6.67. The lowest BCUT2D eigenvalue weighted by molar-refractivity contribution is 0.257. The summed E-state index contributed by atoms with van der Waals surface area (Å²) >= 11 is 0. The summed E-state index contributed by atoms with van der Waals surface area (Å²) in [4.78, 5) is 14.1. The molecule has 2 amide bonds. The molecule has 102 valence electrons. The summed E-state index contributed by atoms with van der Waals surface area (Å²) in [6, 6.07) is 13.4. The van der Waals surface area contributed by atoms with E-state index in [2.05, 4.69) is 5.32 Å². The van der Waals surface area contributed by atoms with E-state index in [9.17, 15) is 4.79 Å². The molecular weight excluding hydrogens is 250 g/mol. The van der Waals surface area contributed by atoms with Crippen LogP contribution in [0.5, 0.6) is 0 Å². The third-order valence-corrected chi connectivity index (χ3v) is 3.55. The van der Waals surface area contributed by atoms with Gasteiger partial charge in [-0.1, -0.05) is 23.8 Å². The Morgan fingerprint density at radius 3 is 2.70 bits per heavy atom. The number of nitrogens with two attached hydrogens (primary N) is 1. The summed E-state index contributed by atoms with van der Waals surface area (Å²) < 4.78 is 0. The van der Waals surface area contributed by atoms with Gasteiger partial charge in [-0.2, -0.15) is 0 Å². The fourth-order valence-corrected chi connectivity index (χ4v) is 2.44. The SMILES string of the molecule is Cc1ccc(NC(=O)N2CCc3ccc(N)cc32)cc1. The third-order valence-electron chi connectivity index (χ3n) is 3.55. The van der Waals surface area contributed by atoms with Crippen molar-refractivity contribution in [1.82, 2.24) is 0 Å². The molecule has 4 heteroatoms. The van der Waals surface area contributed by atoms with Crippen LogP contribution in [0, 0.1) is 6.92 Å². The lowest BCUT2D eigenvalue weighted by Gasteiger charge is -2.18. The van der Waals surface area contributed by atoms with Gasteiger partial charge in [0.2, 0.25) is 0 Å². The molecule has 3 rings (SSSR count). The molecule has 2 aromatic rings. The standard InChI is InChI=1S/C16H17N3O/c1-11-2-6-14(7-3-11)18-16(20)19-9-8-12-4-5-13(17)10-15(12)19/h2-7,10H,8-9,17H2,1H3,(H,18,20). The highest BCUT2D eigenvalue weighted by Crippen LogP contribution is 2.30. The molecule has 1 aliphatic rings. The molecule has 0 bridgehead atoms. The van der Waals surface area contributed by atoms with Gasteiger partial charge in [-0.15, -0.1) is 0 Å². The Hall–Kier alpha value is -2.49. The number of anilines is 3. The minimum atomic E-state index is -0.113.